The predicted molar refractivity (Wildman–Crippen MR) is 134 cm³/mol. The summed E-state index contributed by atoms with van der Waals surface area (Å²) in [6.45, 7) is 3.40. The summed E-state index contributed by atoms with van der Waals surface area (Å²) in [5, 5.41) is 0. The molecule has 10 heteroatoms. The second-order valence-electron chi connectivity index (χ2n) is 10.1. The number of hydrogen-bond acceptors (Lipinski definition) is 4. The van der Waals surface area contributed by atoms with Crippen molar-refractivity contribution >= 4 is 17.3 Å². The largest absolute Gasteiger partial charge is 0.417 e. The maximum atomic E-state index is 13.3. The fraction of sp³-hybridized carbons (Fsp3) is 0.333. The van der Waals surface area contributed by atoms with Crippen molar-refractivity contribution in [1.29, 1.82) is 0 Å². The number of carbonyl (C=O) groups excluding carboxylic acids is 3. The summed E-state index contributed by atoms with van der Waals surface area (Å²) in [7, 11) is 0. The number of pyridine rings is 1. The summed E-state index contributed by atoms with van der Waals surface area (Å²) < 4.78 is 77.4. The molecule has 4 rings (SSSR count). The molecule has 0 amide bonds. The lowest BCUT2D eigenvalue weighted by molar-refractivity contribution is -0.138. The molecule has 0 saturated heterocycles. The Labute approximate surface area is 226 Å². The van der Waals surface area contributed by atoms with Crippen molar-refractivity contribution in [2.75, 3.05) is 0 Å². The minimum atomic E-state index is -4.51. The average Bonchev–Trinajstić information content (AvgIpc) is 3.14. The summed E-state index contributed by atoms with van der Waals surface area (Å²) in [6.07, 6.45) is -8.53. The first-order valence-corrected chi connectivity index (χ1v) is 12.5. The fourth-order valence-electron chi connectivity index (χ4n) is 5.21. The lowest BCUT2D eigenvalue weighted by Crippen LogP contribution is -2.19. The van der Waals surface area contributed by atoms with Crippen molar-refractivity contribution < 1.29 is 40.7 Å². The average molecular weight is 562 g/mol. The third-order valence-corrected chi connectivity index (χ3v) is 7.15. The summed E-state index contributed by atoms with van der Waals surface area (Å²) in [6, 6.07) is 10.2. The molecule has 1 heterocycles. The van der Waals surface area contributed by atoms with E-state index in [0.717, 1.165) is 24.4 Å². The van der Waals surface area contributed by atoms with E-state index in [4.69, 9.17) is 0 Å². The highest BCUT2D eigenvalue weighted by Gasteiger charge is 2.43. The highest BCUT2D eigenvalue weighted by molar-refractivity contribution is 6.15. The van der Waals surface area contributed by atoms with Gasteiger partial charge in [0.05, 0.1) is 16.8 Å². The molecule has 0 N–H and O–H groups in total. The van der Waals surface area contributed by atoms with Crippen LogP contribution in [0.3, 0.4) is 0 Å². The Bertz CT molecular complexity index is 1430. The number of aromatic nitrogens is 1. The van der Waals surface area contributed by atoms with Crippen LogP contribution in [0.1, 0.15) is 58.6 Å². The van der Waals surface area contributed by atoms with Gasteiger partial charge in [-0.3, -0.25) is 19.4 Å². The maximum Gasteiger partial charge on any atom is 0.417 e. The smallest absolute Gasteiger partial charge is 0.300 e. The lowest BCUT2D eigenvalue weighted by Gasteiger charge is -2.17. The molecule has 1 aliphatic carbocycles. The van der Waals surface area contributed by atoms with E-state index in [9.17, 15) is 40.7 Å². The van der Waals surface area contributed by atoms with E-state index in [1.165, 1.54) is 18.2 Å². The number of benzene rings is 2. The Kier molecular flexibility index (Phi) is 8.01. The maximum absolute atomic E-state index is 13.3. The first-order chi connectivity index (χ1) is 18.6. The van der Waals surface area contributed by atoms with Gasteiger partial charge in [-0.15, -0.1) is 0 Å². The van der Waals surface area contributed by atoms with Gasteiger partial charge in [0.15, 0.2) is 5.78 Å². The van der Waals surface area contributed by atoms with Crippen LogP contribution in [0, 0.1) is 19.8 Å². The molecule has 0 aliphatic heterocycles. The Balaban J connectivity index is 1.45. The molecule has 3 aromatic rings. The Morgan fingerprint density at radius 3 is 2.12 bits per heavy atom. The molecular formula is C30H25F6NO3. The number of carbonyl (C=O) groups is 3. The van der Waals surface area contributed by atoms with Crippen LogP contribution in [0.4, 0.5) is 26.3 Å². The van der Waals surface area contributed by atoms with Crippen molar-refractivity contribution in [3.63, 3.8) is 0 Å². The van der Waals surface area contributed by atoms with Gasteiger partial charge in [-0.25, -0.2) is 0 Å². The second-order valence-corrected chi connectivity index (χ2v) is 10.1. The quantitative estimate of drug-likeness (QED) is 0.225. The van der Waals surface area contributed by atoms with Gasteiger partial charge in [-0.05, 0) is 72.9 Å². The zero-order chi connectivity index (χ0) is 29.4. The molecule has 1 aliphatic rings. The zero-order valence-electron chi connectivity index (χ0n) is 21.6. The summed E-state index contributed by atoms with van der Waals surface area (Å²) in [5.41, 5.74) is 1.21. The number of ketones is 3. The summed E-state index contributed by atoms with van der Waals surface area (Å²) >= 11 is 0. The zero-order valence-corrected chi connectivity index (χ0v) is 21.6. The Hall–Kier alpha value is -3.82. The van der Waals surface area contributed by atoms with Gasteiger partial charge in [0.1, 0.15) is 17.5 Å². The van der Waals surface area contributed by atoms with Crippen LogP contribution in [0.25, 0.3) is 11.3 Å². The number of nitrogens with zero attached hydrogens (tertiary/aromatic N) is 1. The van der Waals surface area contributed by atoms with Crippen LogP contribution in [0.15, 0.2) is 54.7 Å². The van der Waals surface area contributed by atoms with Crippen LogP contribution in [-0.2, 0) is 33.2 Å². The standard InChI is InChI=1S/C30H25F6NO3/c1-16-10-19(24-9-7-22(15-37-24)30(34,35)36)11-17(2)26(16)27-25(39)14-20(28(27)40)13-23(38)8-6-18-4-3-5-21(12-18)29(31,32)33/h3-5,7,9-12,15,20,27H,6,8,13-14H2,1-2H3. The molecule has 2 unspecified atom stereocenters. The van der Waals surface area contributed by atoms with Gasteiger partial charge < -0.3 is 0 Å². The van der Waals surface area contributed by atoms with Gasteiger partial charge in [0.25, 0.3) is 0 Å². The number of Topliss-reactive ketones (excluding diaryl/α,β-unsaturated/α-hetero) is 3. The first-order valence-electron chi connectivity index (χ1n) is 12.5. The Morgan fingerprint density at radius 1 is 0.900 bits per heavy atom. The molecule has 1 saturated carbocycles. The first kappa shape index (κ1) is 29.2. The molecule has 210 valence electrons. The van der Waals surface area contributed by atoms with Gasteiger partial charge >= 0.3 is 12.4 Å². The highest BCUT2D eigenvalue weighted by Crippen LogP contribution is 2.39. The van der Waals surface area contributed by atoms with Gasteiger partial charge in [-0.1, -0.05) is 18.2 Å². The molecule has 1 fully saturated rings. The normalized spacial score (nSPS) is 17.9. The Morgan fingerprint density at radius 2 is 1.55 bits per heavy atom. The van der Waals surface area contributed by atoms with E-state index in [1.807, 2.05) is 0 Å². The van der Waals surface area contributed by atoms with Crippen molar-refractivity contribution in [2.24, 2.45) is 5.92 Å². The lowest BCUT2D eigenvalue weighted by atomic mass is 9.85. The van der Waals surface area contributed by atoms with E-state index < -0.39 is 35.3 Å². The monoisotopic (exact) mass is 561 g/mol. The van der Waals surface area contributed by atoms with Crippen molar-refractivity contribution in [2.45, 2.75) is 57.8 Å². The van der Waals surface area contributed by atoms with Crippen LogP contribution >= 0.6 is 0 Å². The molecule has 4 nitrogen and oxygen atoms in total. The van der Waals surface area contributed by atoms with Crippen molar-refractivity contribution in [3.05, 3.63) is 88.1 Å². The van der Waals surface area contributed by atoms with E-state index >= 15 is 0 Å². The molecule has 2 aromatic carbocycles. The van der Waals surface area contributed by atoms with Crippen LogP contribution in [0.2, 0.25) is 0 Å². The van der Waals surface area contributed by atoms with Crippen LogP contribution in [0.5, 0.6) is 0 Å². The molecule has 0 spiro atoms. The van der Waals surface area contributed by atoms with Gasteiger partial charge in [0, 0.05) is 36.9 Å². The van der Waals surface area contributed by atoms with E-state index in [2.05, 4.69) is 4.98 Å². The molecule has 2 atom stereocenters. The van der Waals surface area contributed by atoms with Gasteiger partial charge in [0.2, 0.25) is 0 Å². The topological polar surface area (TPSA) is 64.1 Å². The molecule has 40 heavy (non-hydrogen) atoms. The predicted octanol–water partition coefficient (Wildman–Crippen LogP) is 7.24. The van der Waals surface area contributed by atoms with Crippen LogP contribution in [-0.4, -0.2) is 22.3 Å². The third kappa shape index (κ3) is 6.32. The minimum Gasteiger partial charge on any atom is -0.300 e. The minimum absolute atomic E-state index is 0.0587. The SMILES string of the molecule is Cc1cc(-c2ccc(C(F)(F)F)cn2)cc(C)c1C1C(=O)CC(CC(=O)CCc2cccc(C(F)(F)F)c2)C1=O. The number of hydrogen-bond donors (Lipinski definition) is 0. The number of rotatable bonds is 7. The van der Waals surface area contributed by atoms with E-state index in [0.29, 0.717) is 33.5 Å². The molecule has 1 aromatic heterocycles. The molecular weight excluding hydrogens is 536 g/mol. The van der Waals surface area contributed by atoms with Gasteiger partial charge in [-0.2, -0.15) is 26.3 Å². The molecule has 0 radical (unpaired) electrons. The van der Waals surface area contributed by atoms with E-state index in [1.54, 1.807) is 26.0 Å². The van der Waals surface area contributed by atoms with Crippen LogP contribution < -0.4 is 0 Å². The van der Waals surface area contributed by atoms with Crippen molar-refractivity contribution in [1.82, 2.24) is 4.98 Å². The number of aryl methyl sites for hydroxylation is 3. The summed E-state index contributed by atoms with van der Waals surface area (Å²) in [4.78, 5) is 42.7. The number of halogens is 6. The highest BCUT2D eigenvalue weighted by atomic mass is 19.4. The van der Waals surface area contributed by atoms with Crippen molar-refractivity contribution in [3.8, 4) is 11.3 Å². The molecule has 0 bridgehead atoms. The fourth-order valence-corrected chi connectivity index (χ4v) is 5.21. The second kappa shape index (κ2) is 11.0. The number of alkyl halides is 6. The van der Waals surface area contributed by atoms with E-state index in [-0.39, 0.29) is 43.0 Å². The third-order valence-electron chi connectivity index (χ3n) is 7.15. The summed E-state index contributed by atoms with van der Waals surface area (Å²) in [5.74, 6) is -2.91.